The summed E-state index contributed by atoms with van der Waals surface area (Å²) in [5, 5.41) is 4.47. The highest BCUT2D eigenvalue weighted by atomic mass is 35.5. The normalized spacial score (nSPS) is 10.6. The molecule has 2 aromatic rings. The number of carbonyl (C=O) groups excluding carboxylic acids is 3. The van der Waals surface area contributed by atoms with Gasteiger partial charge in [0.05, 0.1) is 16.1 Å². The summed E-state index contributed by atoms with van der Waals surface area (Å²) in [4.78, 5) is 34.7. The molecule has 2 aromatic carbocycles. The number of anilines is 1. The van der Waals surface area contributed by atoms with Crippen LogP contribution in [0.3, 0.4) is 0 Å². The number of urea groups is 1. The zero-order valence-electron chi connectivity index (χ0n) is 14.6. The van der Waals surface area contributed by atoms with Crippen LogP contribution in [0.4, 0.5) is 10.5 Å². The molecule has 148 valence electrons. The van der Waals surface area contributed by atoms with Gasteiger partial charge in [-0.3, -0.25) is 14.8 Å². The highest BCUT2D eigenvalue weighted by molar-refractivity contribution is 7.92. The lowest BCUT2D eigenvalue weighted by Crippen LogP contribution is -2.39. The van der Waals surface area contributed by atoms with Crippen LogP contribution in [0.25, 0.3) is 0 Å². The molecule has 0 radical (unpaired) electrons. The van der Waals surface area contributed by atoms with E-state index in [9.17, 15) is 22.8 Å². The molecule has 0 spiro atoms. The summed E-state index contributed by atoms with van der Waals surface area (Å²) in [6, 6.07) is 10.4. The highest BCUT2D eigenvalue weighted by Gasteiger charge is 2.20. The smallest absolute Gasteiger partial charge is 0.340 e. The Morgan fingerprint density at radius 1 is 1.04 bits per heavy atom. The molecule has 0 saturated heterocycles. The van der Waals surface area contributed by atoms with Gasteiger partial charge in [0.2, 0.25) is 0 Å². The van der Waals surface area contributed by atoms with Crippen molar-refractivity contribution in [2.75, 3.05) is 18.4 Å². The van der Waals surface area contributed by atoms with E-state index in [2.05, 4.69) is 10.0 Å². The summed E-state index contributed by atoms with van der Waals surface area (Å²) in [6.45, 7) is -0.718. The summed E-state index contributed by atoms with van der Waals surface area (Å²) in [5.74, 6) is -1.78. The second-order valence-electron chi connectivity index (χ2n) is 5.31. The van der Waals surface area contributed by atoms with Crippen LogP contribution in [0.2, 0.25) is 5.02 Å². The number of carbonyl (C=O) groups is 3. The first kappa shape index (κ1) is 21.2. The lowest BCUT2D eigenvalue weighted by atomic mass is 10.2. The quantitative estimate of drug-likeness (QED) is 0.604. The van der Waals surface area contributed by atoms with Crippen molar-refractivity contribution < 1.29 is 27.5 Å². The first-order chi connectivity index (χ1) is 13.2. The van der Waals surface area contributed by atoms with Gasteiger partial charge in [0, 0.05) is 12.1 Å². The number of ether oxygens (including phenoxy) is 1. The second-order valence-corrected chi connectivity index (χ2v) is 7.43. The van der Waals surface area contributed by atoms with Gasteiger partial charge in [-0.25, -0.2) is 18.0 Å². The average molecular weight is 426 g/mol. The average Bonchev–Trinajstić information content (AvgIpc) is 2.66. The molecule has 28 heavy (non-hydrogen) atoms. The van der Waals surface area contributed by atoms with E-state index in [4.69, 9.17) is 16.3 Å². The fraction of sp³-hybridized carbons (Fsp3) is 0.118. The number of nitrogens with one attached hydrogen (secondary N) is 3. The van der Waals surface area contributed by atoms with E-state index in [1.807, 2.05) is 5.32 Å². The zero-order chi connectivity index (χ0) is 20.7. The molecule has 2 rings (SSSR count). The van der Waals surface area contributed by atoms with Gasteiger partial charge < -0.3 is 10.1 Å². The molecular weight excluding hydrogens is 410 g/mol. The number of hydrogen-bond donors (Lipinski definition) is 3. The molecule has 0 unspecified atom stereocenters. The third kappa shape index (κ3) is 5.69. The van der Waals surface area contributed by atoms with Crippen molar-refractivity contribution in [2.24, 2.45) is 0 Å². The molecule has 0 aliphatic rings. The van der Waals surface area contributed by atoms with Crippen molar-refractivity contribution in [1.29, 1.82) is 0 Å². The molecule has 0 aliphatic heterocycles. The largest absolute Gasteiger partial charge is 0.452 e. The van der Waals surface area contributed by atoms with Gasteiger partial charge in [0.25, 0.3) is 15.9 Å². The van der Waals surface area contributed by atoms with E-state index in [-0.39, 0.29) is 16.1 Å². The fourth-order valence-electron chi connectivity index (χ4n) is 2.00. The molecule has 11 heteroatoms. The predicted molar refractivity (Wildman–Crippen MR) is 102 cm³/mol. The first-order valence-electron chi connectivity index (χ1n) is 7.79. The van der Waals surface area contributed by atoms with Crippen LogP contribution in [-0.4, -0.2) is 40.0 Å². The highest BCUT2D eigenvalue weighted by Crippen LogP contribution is 2.22. The third-order valence-electron chi connectivity index (χ3n) is 3.33. The van der Waals surface area contributed by atoms with Gasteiger partial charge in [0.15, 0.2) is 6.61 Å². The Morgan fingerprint density at radius 3 is 2.32 bits per heavy atom. The van der Waals surface area contributed by atoms with Crippen molar-refractivity contribution in [1.82, 2.24) is 10.6 Å². The number of halogens is 1. The van der Waals surface area contributed by atoms with E-state index in [0.717, 1.165) is 0 Å². The van der Waals surface area contributed by atoms with E-state index >= 15 is 0 Å². The summed E-state index contributed by atoms with van der Waals surface area (Å²) in [6.07, 6.45) is 0. The SMILES string of the molecule is CNC(=O)NC(=O)COC(=O)c1ccccc1NS(=O)(=O)c1ccc(Cl)cc1. The molecule has 0 saturated carbocycles. The molecular formula is C17H16ClN3O6S. The Morgan fingerprint density at radius 2 is 1.68 bits per heavy atom. The third-order valence-corrected chi connectivity index (χ3v) is 4.96. The van der Waals surface area contributed by atoms with Gasteiger partial charge in [-0.2, -0.15) is 0 Å². The number of para-hydroxylation sites is 1. The fourth-order valence-corrected chi connectivity index (χ4v) is 3.21. The van der Waals surface area contributed by atoms with Crippen LogP contribution in [0.15, 0.2) is 53.4 Å². The topological polar surface area (TPSA) is 131 Å². The maximum atomic E-state index is 12.5. The van der Waals surface area contributed by atoms with E-state index in [1.54, 1.807) is 0 Å². The summed E-state index contributed by atoms with van der Waals surface area (Å²) >= 11 is 5.76. The van der Waals surface area contributed by atoms with Crippen LogP contribution >= 0.6 is 11.6 Å². The molecule has 3 amide bonds. The van der Waals surface area contributed by atoms with Crippen molar-refractivity contribution in [2.45, 2.75) is 4.90 Å². The molecule has 0 fully saturated rings. The van der Waals surface area contributed by atoms with Gasteiger partial charge in [0.1, 0.15) is 0 Å². The van der Waals surface area contributed by atoms with Crippen LogP contribution in [0.5, 0.6) is 0 Å². The van der Waals surface area contributed by atoms with Gasteiger partial charge >= 0.3 is 12.0 Å². The molecule has 0 heterocycles. The summed E-state index contributed by atoms with van der Waals surface area (Å²) in [5.41, 5.74) is -0.137. The van der Waals surface area contributed by atoms with E-state index in [1.165, 1.54) is 55.6 Å². The first-order valence-corrected chi connectivity index (χ1v) is 9.65. The molecule has 0 aromatic heterocycles. The van der Waals surface area contributed by atoms with Crippen LogP contribution in [0.1, 0.15) is 10.4 Å². The van der Waals surface area contributed by atoms with Gasteiger partial charge in [-0.05, 0) is 36.4 Å². The Balaban J connectivity index is 2.14. The molecule has 3 N–H and O–H groups in total. The second kappa shape index (κ2) is 9.20. The van der Waals surface area contributed by atoms with E-state index in [0.29, 0.717) is 5.02 Å². The Kier molecular flexibility index (Phi) is 6.96. The number of imide groups is 1. The van der Waals surface area contributed by atoms with Gasteiger partial charge in [-0.15, -0.1) is 0 Å². The maximum Gasteiger partial charge on any atom is 0.340 e. The van der Waals surface area contributed by atoms with Crippen molar-refractivity contribution >= 4 is 45.2 Å². The number of esters is 1. The lowest BCUT2D eigenvalue weighted by molar-refractivity contribution is -0.123. The minimum Gasteiger partial charge on any atom is -0.452 e. The molecule has 0 bridgehead atoms. The maximum absolute atomic E-state index is 12.5. The van der Waals surface area contributed by atoms with Crippen LogP contribution < -0.4 is 15.4 Å². The number of benzene rings is 2. The van der Waals surface area contributed by atoms with Crippen molar-refractivity contribution in [3.05, 3.63) is 59.1 Å². The monoisotopic (exact) mass is 425 g/mol. The van der Waals surface area contributed by atoms with Crippen LogP contribution in [-0.2, 0) is 19.6 Å². The summed E-state index contributed by atoms with van der Waals surface area (Å²) in [7, 11) is -2.67. The molecule has 0 atom stereocenters. The van der Waals surface area contributed by atoms with Gasteiger partial charge in [-0.1, -0.05) is 23.7 Å². The van der Waals surface area contributed by atoms with Crippen molar-refractivity contribution in [3.63, 3.8) is 0 Å². The number of sulfonamides is 1. The van der Waals surface area contributed by atoms with Crippen molar-refractivity contribution in [3.8, 4) is 0 Å². The standard InChI is InChI=1S/C17H16ClN3O6S/c1-19-17(24)20-15(22)10-27-16(23)13-4-2-3-5-14(13)21-28(25,26)12-8-6-11(18)7-9-12/h2-9,21H,10H2,1H3,(H2,19,20,22,24). The van der Waals surface area contributed by atoms with E-state index < -0.39 is 34.5 Å². The predicted octanol–water partition coefficient (Wildman–Crippen LogP) is 1.75. The number of amides is 3. The Labute approximate surface area is 166 Å². The van der Waals surface area contributed by atoms with Crippen LogP contribution in [0, 0.1) is 0 Å². The lowest BCUT2D eigenvalue weighted by Gasteiger charge is -2.12. The number of hydrogen-bond acceptors (Lipinski definition) is 6. The summed E-state index contributed by atoms with van der Waals surface area (Å²) < 4.78 is 32.1. The number of rotatable bonds is 6. The minimum absolute atomic E-state index is 0.0332. The zero-order valence-corrected chi connectivity index (χ0v) is 16.1. The Hall–Kier alpha value is -3.11. The Bertz CT molecular complexity index is 992. The molecule has 0 aliphatic carbocycles. The molecule has 9 nitrogen and oxygen atoms in total. The minimum atomic E-state index is -3.99.